The molecule has 0 saturated heterocycles. The first-order chi connectivity index (χ1) is 14.0. The van der Waals surface area contributed by atoms with Crippen molar-refractivity contribution in [3.05, 3.63) is 35.4 Å². The summed E-state index contributed by atoms with van der Waals surface area (Å²) in [7, 11) is -4.40. The molecule has 174 valence electrons. The summed E-state index contributed by atoms with van der Waals surface area (Å²) < 4.78 is 45.1. The zero-order valence-corrected chi connectivity index (χ0v) is 20.0. The molecule has 0 aliphatic heterocycles. The molecule has 1 aliphatic rings. The second kappa shape index (κ2) is 8.78. The predicted molar refractivity (Wildman–Crippen MR) is 116 cm³/mol. The van der Waals surface area contributed by atoms with Crippen LogP contribution >= 0.6 is 0 Å². The van der Waals surface area contributed by atoms with Crippen LogP contribution < -0.4 is 0 Å². The number of hydrogen-bond acceptors (Lipinski definition) is 6. The molecule has 2 amide bonds. The average Bonchev–Trinajstić information content (AvgIpc) is 2.49. The highest BCUT2D eigenvalue weighted by Crippen LogP contribution is 2.45. The van der Waals surface area contributed by atoms with Gasteiger partial charge in [0.25, 0.3) is 10.1 Å². The number of carbonyl (C=O) groups is 2. The molecule has 1 saturated carbocycles. The van der Waals surface area contributed by atoms with Gasteiger partial charge in [-0.15, -0.1) is 0 Å². The summed E-state index contributed by atoms with van der Waals surface area (Å²) in [6.45, 7) is 11.9. The van der Waals surface area contributed by atoms with Crippen molar-refractivity contribution in [1.82, 2.24) is 4.90 Å². The Morgan fingerprint density at radius 3 is 1.84 bits per heavy atom. The van der Waals surface area contributed by atoms with Crippen molar-refractivity contribution in [3.8, 4) is 0 Å². The Kier molecular flexibility index (Phi) is 7.12. The van der Waals surface area contributed by atoms with Gasteiger partial charge in [0, 0.05) is 6.04 Å². The Morgan fingerprint density at radius 1 is 1.00 bits per heavy atom. The molecule has 0 heterocycles. The first-order valence-electron chi connectivity index (χ1n) is 10.3. The molecule has 0 aromatic heterocycles. The predicted octanol–water partition coefficient (Wildman–Crippen LogP) is 4.87. The smallest absolute Gasteiger partial charge is 0.420 e. The van der Waals surface area contributed by atoms with Gasteiger partial charge < -0.3 is 9.47 Å². The number of ether oxygens (including phenoxy) is 2. The minimum atomic E-state index is -4.40. The summed E-state index contributed by atoms with van der Waals surface area (Å²) >= 11 is 0. The number of rotatable bonds is 4. The van der Waals surface area contributed by atoms with Crippen LogP contribution in [0.5, 0.6) is 0 Å². The molecule has 31 heavy (non-hydrogen) atoms. The number of hydrogen-bond donors (Lipinski definition) is 1. The fourth-order valence-electron chi connectivity index (χ4n) is 3.65. The van der Waals surface area contributed by atoms with E-state index in [9.17, 15) is 22.6 Å². The van der Waals surface area contributed by atoms with Gasteiger partial charge in [0.15, 0.2) is 0 Å². The third kappa shape index (κ3) is 6.67. The first-order valence-corrected chi connectivity index (χ1v) is 11.8. The van der Waals surface area contributed by atoms with Crippen LogP contribution in [0.3, 0.4) is 0 Å². The number of imide groups is 1. The highest BCUT2D eigenvalue weighted by atomic mass is 32.2. The van der Waals surface area contributed by atoms with E-state index in [0.717, 1.165) is 10.5 Å². The molecule has 0 bridgehead atoms. The van der Waals surface area contributed by atoms with Crippen LogP contribution in [0.4, 0.5) is 9.59 Å². The summed E-state index contributed by atoms with van der Waals surface area (Å²) in [5, 5.41) is -1.14. The van der Waals surface area contributed by atoms with Gasteiger partial charge in [-0.25, -0.2) is 14.5 Å². The molecule has 1 atom stereocenters. The normalized spacial score (nSPS) is 20.4. The molecular weight excluding hydrogens is 422 g/mol. The lowest BCUT2D eigenvalue weighted by molar-refractivity contribution is -0.0222. The minimum absolute atomic E-state index is 0.206. The van der Waals surface area contributed by atoms with E-state index in [1.54, 1.807) is 72.7 Å². The summed E-state index contributed by atoms with van der Waals surface area (Å²) in [5.74, 6) is -0.464. The summed E-state index contributed by atoms with van der Waals surface area (Å²) in [4.78, 5) is 26.4. The third-order valence-electron chi connectivity index (χ3n) is 4.94. The van der Waals surface area contributed by atoms with E-state index >= 15 is 0 Å². The van der Waals surface area contributed by atoms with Crippen molar-refractivity contribution in [2.24, 2.45) is 5.92 Å². The highest BCUT2D eigenvalue weighted by molar-refractivity contribution is 7.86. The van der Waals surface area contributed by atoms with E-state index in [2.05, 4.69) is 0 Å². The Morgan fingerprint density at radius 2 is 1.45 bits per heavy atom. The molecule has 2 rings (SSSR count). The Balaban J connectivity index is 2.28. The summed E-state index contributed by atoms with van der Waals surface area (Å²) in [6.07, 6.45) is -1.27. The van der Waals surface area contributed by atoms with E-state index in [-0.39, 0.29) is 12.8 Å². The maximum Gasteiger partial charge on any atom is 0.420 e. The lowest BCUT2D eigenvalue weighted by Crippen LogP contribution is -2.54. The molecule has 1 N–H and O–H groups in total. The molecule has 1 unspecified atom stereocenters. The molecule has 1 fully saturated rings. The quantitative estimate of drug-likeness (QED) is 0.645. The van der Waals surface area contributed by atoms with Gasteiger partial charge in [-0.05, 0) is 78.4 Å². The molecule has 0 spiro atoms. The van der Waals surface area contributed by atoms with Gasteiger partial charge in [-0.1, -0.05) is 24.3 Å². The molecular formula is C22H33NO7S. The number of amides is 2. The van der Waals surface area contributed by atoms with E-state index in [0.29, 0.717) is 5.56 Å². The lowest BCUT2D eigenvalue weighted by atomic mass is 9.75. The first kappa shape index (κ1) is 25.1. The van der Waals surface area contributed by atoms with Gasteiger partial charge in [0.1, 0.15) is 16.5 Å². The zero-order valence-electron chi connectivity index (χ0n) is 19.2. The van der Waals surface area contributed by atoms with E-state index < -0.39 is 50.7 Å². The van der Waals surface area contributed by atoms with Crippen LogP contribution in [-0.4, -0.2) is 47.3 Å². The average molecular weight is 456 g/mol. The maximum absolute atomic E-state index is 12.8. The van der Waals surface area contributed by atoms with Crippen LogP contribution in [0.1, 0.15) is 70.8 Å². The van der Waals surface area contributed by atoms with Crippen LogP contribution in [0.15, 0.2) is 24.3 Å². The van der Waals surface area contributed by atoms with Crippen molar-refractivity contribution in [3.63, 3.8) is 0 Å². The third-order valence-corrected chi connectivity index (χ3v) is 6.22. The fraction of sp³-hybridized carbons (Fsp3) is 0.636. The van der Waals surface area contributed by atoms with Crippen LogP contribution in [0, 0.1) is 12.8 Å². The highest BCUT2D eigenvalue weighted by Gasteiger charge is 2.49. The molecule has 1 aromatic rings. The van der Waals surface area contributed by atoms with Crippen molar-refractivity contribution in [1.29, 1.82) is 0 Å². The topological polar surface area (TPSA) is 110 Å². The van der Waals surface area contributed by atoms with E-state index in [4.69, 9.17) is 9.47 Å². The molecule has 8 nitrogen and oxygen atoms in total. The summed E-state index contributed by atoms with van der Waals surface area (Å²) in [6, 6.07) is 6.35. The number of aryl methyl sites for hydroxylation is 1. The molecule has 1 aromatic carbocycles. The summed E-state index contributed by atoms with van der Waals surface area (Å²) in [5.41, 5.74) is -0.392. The number of carbonyl (C=O) groups excluding carboxylic acids is 2. The van der Waals surface area contributed by atoms with Crippen molar-refractivity contribution in [2.45, 2.75) is 83.8 Å². The van der Waals surface area contributed by atoms with Gasteiger partial charge in [-0.2, -0.15) is 8.42 Å². The van der Waals surface area contributed by atoms with Crippen molar-refractivity contribution in [2.75, 3.05) is 0 Å². The number of nitrogens with zero attached hydrogens (tertiary/aromatic N) is 1. The Bertz CT molecular complexity index is 894. The lowest BCUT2D eigenvalue weighted by Gasteiger charge is -2.44. The second-order valence-corrected chi connectivity index (χ2v) is 11.5. The van der Waals surface area contributed by atoms with Gasteiger partial charge >= 0.3 is 12.2 Å². The van der Waals surface area contributed by atoms with Crippen LogP contribution in [0.25, 0.3) is 0 Å². The minimum Gasteiger partial charge on any atom is -0.443 e. The second-order valence-electron chi connectivity index (χ2n) is 10.0. The van der Waals surface area contributed by atoms with Crippen LogP contribution in [-0.2, 0) is 19.6 Å². The Labute approximate surface area is 184 Å². The van der Waals surface area contributed by atoms with Gasteiger partial charge in [0.2, 0.25) is 0 Å². The van der Waals surface area contributed by atoms with E-state index in [1.807, 2.05) is 0 Å². The monoisotopic (exact) mass is 455 g/mol. The maximum atomic E-state index is 12.8. The molecule has 0 radical (unpaired) electrons. The van der Waals surface area contributed by atoms with Crippen molar-refractivity contribution < 1.29 is 32.0 Å². The van der Waals surface area contributed by atoms with E-state index in [1.165, 1.54) is 0 Å². The zero-order chi connectivity index (χ0) is 23.8. The molecule has 1 aliphatic carbocycles. The van der Waals surface area contributed by atoms with Gasteiger partial charge in [-0.3, -0.25) is 4.55 Å². The van der Waals surface area contributed by atoms with Crippen LogP contribution in [0.2, 0.25) is 0 Å². The standard InChI is InChI=1S/C22H33NO7S/c1-14-10-8-9-11-17(14)18(31(26,27)28)15-12-16(13-15)23(19(24)29-21(2,3)4)20(25)30-22(5,6)7/h8-11,15-16,18H,12-13H2,1-7H3,(H,26,27,28). The largest absolute Gasteiger partial charge is 0.443 e. The Hall–Kier alpha value is -2.13. The van der Waals surface area contributed by atoms with Crippen molar-refractivity contribution >= 4 is 22.3 Å². The SMILES string of the molecule is Cc1ccccc1C(C1CC(N(C(=O)OC(C)(C)C)C(=O)OC(C)(C)C)C1)S(=O)(=O)O. The fourth-order valence-corrected chi connectivity index (χ4v) is 4.94. The van der Waals surface area contributed by atoms with Gasteiger partial charge in [0.05, 0.1) is 0 Å². The number of benzene rings is 1. The molecule has 9 heteroatoms.